The Hall–Kier alpha value is -0.970. The van der Waals surface area contributed by atoms with E-state index < -0.39 is 12.3 Å². The second-order valence-corrected chi connectivity index (χ2v) is 2.36. The third-order valence-electron chi connectivity index (χ3n) is 1.39. The summed E-state index contributed by atoms with van der Waals surface area (Å²) in [6.07, 6.45) is -0.0257. The van der Waals surface area contributed by atoms with Crippen molar-refractivity contribution in [1.29, 1.82) is 0 Å². The van der Waals surface area contributed by atoms with Gasteiger partial charge in [-0.3, -0.25) is 0 Å². The average Bonchev–Trinajstić information content (AvgIpc) is 2.48. The van der Waals surface area contributed by atoms with E-state index in [0.717, 1.165) is 6.42 Å². The fourth-order valence-corrected chi connectivity index (χ4v) is 0.815. The summed E-state index contributed by atoms with van der Waals surface area (Å²) in [5, 5.41) is 0. The third-order valence-corrected chi connectivity index (χ3v) is 1.39. The monoisotopic (exact) mass is 176 g/mol. The van der Waals surface area contributed by atoms with Crippen molar-refractivity contribution < 1.29 is 13.2 Å². The molecule has 1 heterocycles. The number of aryl methyl sites for hydroxylation is 1. The van der Waals surface area contributed by atoms with E-state index in [-0.39, 0.29) is 0 Å². The Bertz CT molecular complexity index is 237. The Morgan fingerprint density at radius 1 is 1.58 bits per heavy atom. The van der Waals surface area contributed by atoms with Crippen LogP contribution in [0.2, 0.25) is 0 Å². The molecule has 0 saturated heterocycles. The van der Waals surface area contributed by atoms with Gasteiger partial charge in [-0.1, -0.05) is 0 Å². The molecule has 0 aliphatic rings. The molecule has 0 aromatic carbocycles. The molecule has 68 valence electrons. The van der Waals surface area contributed by atoms with Crippen molar-refractivity contribution in [3.05, 3.63) is 17.8 Å². The lowest BCUT2D eigenvalue weighted by Gasteiger charge is -1.92. The standard InChI is InChI=1S/C7H10F2N2O/c8-6(9)7-11-4-5(12-7)2-1-3-10/h4,6H,1-3,10H2. The van der Waals surface area contributed by atoms with Crippen molar-refractivity contribution in [2.75, 3.05) is 6.54 Å². The number of hydrogen-bond acceptors (Lipinski definition) is 3. The highest BCUT2D eigenvalue weighted by atomic mass is 19.3. The van der Waals surface area contributed by atoms with Crippen LogP contribution in [0.3, 0.4) is 0 Å². The second kappa shape index (κ2) is 4.15. The molecule has 1 aromatic heterocycles. The fraction of sp³-hybridized carbons (Fsp3) is 0.571. The van der Waals surface area contributed by atoms with Crippen molar-refractivity contribution in [3.8, 4) is 0 Å². The Morgan fingerprint density at radius 2 is 2.33 bits per heavy atom. The molecule has 0 aliphatic heterocycles. The molecular weight excluding hydrogens is 166 g/mol. The lowest BCUT2D eigenvalue weighted by molar-refractivity contribution is 0.113. The van der Waals surface area contributed by atoms with Crippen LogP contribution in [0.5, 0.6) is 0 Å². The molecule has 0 aliphatic carbocycles. The van der Waals surface area contributed by atoms with Crippen LogP contribution in [0.25, 0.3) is 0 Å². The van der Waals surface area contributed by atoms with Gasteiger partial charge in [0.15, 0.2) is 0 Å². The summed E-state index contributed by atoms with van der Waals surface area (Å²) >= 11 is 0. The molecule has 5 heteroatoms. The lowest BCUT2D eigenvalue weighted by Crippen LogP contribution is -1.99. The summed E-state index contributed by atoms with van der Waals surface area (Å²) in [7, 11) is 0. The van der Waals surface area contributed by atoms with Gasteiger partial charge < -0.3 is 10.2 Å². The van der Waals surface area contributed by atoms with Crippen LogP contribution >= 0.6 is 0 Å². The second-order valence-electron chi connectivity index (χ2n) is 2.36. The Labute approximate surface area is 68.6 Å². The molecule has 1 aromatic rings. The highest BCUT2D eigenvalue weighted by Gasteiger charge is 2.13. The van der Waals surface area contributed by atoms with Crippen LogP contribution in [-0.4, -0.2) is 11.5 Å². The van der Waals surface area contributed by atoms with Gasteiger partial charge in [0.25, 0.3) is 5.89 Å². The number of hydrogen-bond donors (Lipinski definition) is 1. The van der Waals surface area contributed by atoms with Crippen molar-refractivity contribution in [2.24, 2.45) is 5.73 Å². The van der Waals surface area contributed by atoms with Gasteiger partial charge in [0.1, 0.15) is 5.76 Å². The Kier molecular flexibility index (Phi) is 3.16. The molecular formula is C7H10F2N2O. The molecule has 2 N–H and O–H groups in total. The summed E-state index contributed by atoms with van der Waals surface area (Å²) in [4.78, 5) is 3.41. The molecule has 12 heavy (non-hydrogen) atoms. The first-order chi connectivity index (χ1) is 5.74. The van der Waals surface area contributed by atoms with Crippen LogP contribution < -0.4 is 5.73 Å². The number of aromatic nitrogens is 1. The van der Waals surface area contributed by atoms with Gasteiger partial charge in [-0.15, -0.1) is 0 Å². The summed E-state index contributed by atoms with van der Waals surface area (Å²) in [5.74, 6) is -0.0437. The zero-order valence-electron chi connectivity index (χ0n) is 6.46. The molecule has 0 saturated carbocycles. The van der Waals surface area contributed by atoms with E-state index >= 15 is 0 Å². The van der Waals surface area contributed by atoms with Gasteiger partial charge in [0.2, 0.25) is 0 Å². The average molecular weight is 176 g/mol. The highest BCUT2D eigenvalue weighted by Crippen LogP contribution is 2.18. The van der Waals surface area contributed by atoms with E-state index in [0.29, 0.717) is 18.7 Å². The van der Waals surface area contributed by atoms with Gasteiger partial charge in [-0.2, -0.15) is 8.78 Å². The SMILES string of the molecule is NCCCc1cnc(C(F)F)o1. The number of nitrogens with zero attached hydrogens (tertiary/aromatic N) is 1. The molecule has 0 radical (unpaired) electrons. The van der Waals surface area contributed by atoms with Crippen LogP contribution in [0.4, 0.5) is 8.78 Å². The first-order valence-electron chi connectivity index (χ1n) is 3.67. The molecule has 0 fully saturated rings. The maximum Gasteiger partial charge on any atom is 0.313 e. The normalized spacial score (nSPS) is 11.0. The van der Waals surface area contributed by atoms with Crippen molar-refractivity contribution >= 4 is 0 Å². The first kappa shape index (κ1) is 9.12. The van der Waals surface area contributed by atoms with Gasteiger partial charge in [0.05, 0.1) is 6.20 Å². The molecule has 0 amide bonds. The zero-order valence-corrected chi connectivity index (χ0v) is 6.46. The van der Waals surface area contributed by atoms with E-state index in [1.54, 1.807) is 0 Å². The smallest absolute Gasteiger partial charge is 0.313 e. The van der Waals surface area contributed by atoms with Crippen molar-refractivity contribution in [2.45, 2.75) is 19.3 Å². The Morgan fingerprint density at radius 3 is 2.83 bits per heavy atom. The van der Waals surface area contributed by atoms with Crippen LogP contribution in [0.15, 0.2) is 10.6 Å². The Balaban J connectivity index is 2.52. The molecule has 0 bridgehead atoms. The molecule has 0 spiro atoms. The van der Waals surface area contributed by atoms with Gasteiger partial charge in [-0.05, 0) is 13.0 Å². The summed E-state index contributed by atoms with van der Waals surface area (Å²) in [6, 6.07) is 0. The number of rotatable bonds is 4. The van der Waals surface area contributed by atoms with E-state index in [4.69, 9.17) is 10.2 Å². The summed E-state index contributed by atoms with van der Waals surface area (Å²) in [6.45, 7) is 0.519. The zero-order chi connectivity index (χ0) is 8.97. The predicted molar refractivity (Wildman–Crippen MR) is 38.8 cm³/mol. The summed E-state index contributed by atoms with van der Waals surface area (Å²) < 4.78 is 28.6. The number of oxazole rings is 1. The first-order valence-corrected chi connectivity index (χ1v) is 3.67. The van der Waals surface area contributed by atoms with E-state index in [9.17, 15) is 8.78 Å². The summed E-state index contributed by atoms with van der Waals surface area (Å²) in [5.41, 5.74) is 5.23. The number of nitrogens with two attached hydrogens (primary N) is 1. The van der Waals surface area contributed by atoms with Crippen LogP contribution in [0, 0.1) is 0 Å². The van der Waals surface area contributed by atoms with Crippen molar-refractivity contribution in [3.63, 3.8) is 0 Å². The maximum atomic E-state index is 11.9. The van der Waals surface area contributed by atoms with E-state index in [1.807, 2.05) is 0 Å². The van der Waals surface area contributed by atoms with Gasteiger partial charge in [0, 0.05) is 6.42 Å². The fourth-order valence-electron chi connectivity index (χ4n) is 0.815. The molecule has 0 unspecified atom stereocenters. The largest absolute Gasteiger partial charge is 0.440 e. The quantitative estimate of drug-likeness (QED) is 0.756. The van der Waals surface area contributed by atoms with Crippen molar-refractivity contribution in [1.82, 2.24) is 4.98 Å². The van der Waals surface area contributed by atoms with Crippen LogP contribution in [-0.2, 0) is 6.42 Å². The van der Waals surface area contributed by atoms with E-state index in [1.165, 1.54) is 6.20 Å². The highest BCUT2D eigenvalue weighted by molar-refractivity contribution is 4.94. The molecule has 3 nitrogen and oxygen atoms in total. The predicted octanol–water partition coefficient (Wildman–Crippen LogP) is 1.50. The topological polar surface area (TPSA) is 52.0 Å². The maximum absolute atomic E-state index is 11.9. The number of alkyl halides is 2. The minimum atomic E-state index is -2.63. The minimum Gasteiger partial charge on any atom is -0.440 e. The molecule has 1 rings (SSSR count). The van der Waals surface area contributed by atoms with Gasteiger partial charge >= 0.3 is 6.43 Å². The van der Waals surface area contributed by atoms with Crippen LogP contribution in [0.1, 0.15) is 24.5 Å². The lowest BCUT2D eigenvalue weighted by atomic mass is 10.3. The number of halogens is 2. The molecule has 0 atom stereocenters. The third kappa shape index (κ3) is 2.27. The minimum absolute atomic E-state index is 0.468. The van der Waals surface area contributed by atoms with E-state index in [2.05, 4.69) is 4.98 Å². The van der Waals surface area contributed by atoms with Gasteiger partial charge in [-0.25, -0.2) is 4.98 Å².